The van der Waals surface area contributed by atoms with Crippen LogP contribution in [0.3, 0.4) is 0 Å². The molecule has 112 valence electrons. The standard InChI is InChI=1S/C17H21FN2O/c1-11(2)21-15-7-4-13(5-8-15)17(20-19)14-6-9-16(18)12(3)10-14/h4-11,17,20H,19H2,1-3H3. The van der Waals surface area contributed by atoms with Crippen LogP contribution < -0.4 is 16.0 Å². The Labute approximate surface area is 124 Å². The molecule has 0 fully saturated rings. The quantitative estimate of drug-likeness (QED) is 0.654. The molecule has 0 bridgehead atoms. The summed E-state index contributed by atoms with van der Waals surface area (Å²) in [5, 5.41) is 0. The van der Waals surface area contributed by atoms with Gasteiger partial charge in [0.2, 0.25) is 0 Å². The van der Waals surface area contributed by atoms with E-state index in [1.807, 2.05) is 38.1 Å². The molecular formula is C17H21FN2O. The lowest BCUT2D eigenvalue weighted by Crippen LogP contribution is -2.28. The Morgan fingerprint density at radius 1 is 1.05 bits per heavy atom. The summed E-state index contributed by atoms with van der Waals surface area (Å²) >= 11 is 0. The van der Waals surface area contributed by atoms with Crippen LogP contribution >= 0.6 is 0 Å². The van der Waals surface area contributed by atoms with Gasteiger partial charge in [0.05, 0.1) is 12.1 Å². The molecule has 3 N–H and O–H groups in total. The van der Waals surface area contributed by atoms with E-state index >= 15 is 0 Å². The van der Waals surface area contributed by atoms with Crippen LogP contribution in [0.4, 0.5) is 4.39 Å². The molecule has 21 heavy (non-hydrogen) atoms. The van der Waals surface area contributed by atoms with Crippen LogP contribution in [0.1, 0.15) is 36.6 Å². The van der Waals surface area contributed by atoms with Gasteiger partial charge in [-0.15, -0.1) is 0 Å². The maximum atomic E-state index is 13.4. The highest BCUT2D eigenvalue weighted by molar-refractivity contribution is 5.37. The van der Waals surface area contributed by atoms with E-state index in [0.717, 1.165) is 16.9 Å². The number of hydrazine groups is 1. The van der Waals surface area contributed by atoms with Crippen molar-refractivity contribution >= 4 is 0 Å². The number of nitrogens with two attached hydrogens (primary N) is 1. The summed E-state index contributed by atoms with van der Waals surface area (Å²) in [4.78, 5) is 0. The largest absolute Gasteiger partial charge is 0.491 e. The van der Waals surface area contributed by atoms with Crippen LogP contribution in [0.2, 0.25) is 0 Å². The van der Waals surface area contributed by atoms with E-state index in [1.165, 1.54) is 6.07 Å². The predicted octanol–water partition coefficient (Wildman–Crippen LogP) is 3.47. The van der Waals surface area contributed by atoms with Gasteiger partial charge in [-0.3, -0.25) is 5.84 Å². The molecule has 0 aliphatic rings. The lowest BCUT2D eigenvalue weighted by atomic mass is 9.97. The van der Waals surface area contributed by atoms with E-state index in [2.05, 4.69) is 5.43 Å². The van der Waals surface area contributed by atoms with Gasteiger partial charge in [0, 0.05) is 0 Å². The molecule has 2 aromatic carbocycles. The van der Waals surface area contributed by atoms with Gasteiger partial charge in [0.1, 0.15) is 11.6 Å². The van der Waals surface area contributed by atoms with E-state index in [-0.39, 0.29) is 18.0 Å². The molecule has 2 rings (SSSR count). The number of benzene rings is 2. The second-order valence-electron chi connectivity index (χ2n) is 5.34. The van der Waals surface area contributed by atoms with Gasteiger partial charge < -0.3 is 4.74 Å². The second-order valence-corrected chi connectivity index (χ2v) is 5.34. The Bertz CT molecular complexity index is 596. The third-order valence-electron chi connectivity index (χ3n) is 3.27. The molecule has 1 atom stereocenters. The smallest absolute Gasteiger partial charge is 0.126 e. The first-order valence-electron chi connectivity index (χ1n) is 7.00. The van der Waals surface area contributed by atoms with Crippen molar-refractivity contribution in [2.75, 3.05) is 0 Å². The summed E-state index contributed by atoms with van der Waals surface area (Å²) in [7, 11) is 0. The lowest BCUT2D eigenvalue weighted by molar-refractivity contribution is 0.242. The second kappa shape index (κ2) is 6.70. The first kappa shape index (κ1) is 15.5. The molecule has 0 spiro atoms. The maximum absolute atomic E-state index is 13.4. The van der Waals surface area contributed by atoms with Crippen LogP contribution in [0.5, 0.6) is 5.75 Å². The molecule has 1 unspecified atom stereocenters. The molecule has 0 heterocycles. The molecule has 0 saturated heterocycles. The molecule has 0 aliphatic heterocycles. The number of hydrogen-bond acceptors (Lipinski definition) is 3. The molecule has 2 aromatic rings. The fourth-order valence-corrected chi connectivity index (χ4v) is 2.24. The van der Waals surface area contributed by atoms with Gasteiger partial charge in [-0.2, -0.15) is 0 Å². The predicted molar refractivity (Wildman–Crippen MR) is 82.5 cm³/mol. The minimum Gasteiger partial charge on any atom is -0.491 e. The minimum absolute atomic E-state index is 0.138. The fraction of sp³-hybridized carbons (Fsp3) is 0.294. The molecule has 0 aromatic heterocycles. The molecule has 0 amide bonds. The zero-order chi connectivity index (χ0) is 15.4. The monoisotopic (exact) mass is 288 g/mol. The van der Waals surface area contributed by atoms with E-state index in [9.17, 15) is 4.39 Å². The Morgan fingerprint density at radius 3 is 2.19 bits per heavy atom. The van der Waals surface area contributed by atoms with Crippen molar-refractivity contribution in [2.24, 2.45) is 5.84 Å². The Morgan fingerprint density at radius 2 is 1.67 bits per heavy atom. The average molecular weight is 288 g/mol. The van der Waals surface area contributed by atoms with Gasteiger partial charge in [-0.05, 0) is 55.7 Å². The van der Waals surface area contributed by atoms with Crippen molar-refractivity contribution in [2.45, 2.75) is 32.9 Å². The molecule has 4 heteroatoms. The summed E-state index contributed by atoms with van der Waals surface area (Å²) in [6.07, 6.45) is 0.138. The molecule has 3 nitrogen and oxygen atoms in total. The molecular weight excluding hydrogens is 267 g/mol. The third-order valence-corrected chi connectivity index (χ3v) is 3.27. The third kappa shape index (κ3) is 3.80. The van der Waals surface area contributed by atoms with E-state index in [0.29, 0.717) is 5.56 Å². The number of rotatable bonds is 5. The first-order chi connectivity index (χ1) is 10.0. The van der Waals surface area contributed by atoms with Crippen LogP contribution in [0.25, 0.3) is 0 Å². The number of halogens is 1. The number of nitrogens with one attached hydrogen (secondary N) is 1. The van der Waals surface area contributed by atoms with Gasteiger partial charge in [0.25, 0.3) is 0 Å². The van der Waals surface area contributed by atoms with Crippen molar-refractivity contribution in [3.05, 3.63) is 65.0 Å². The van der Waals surface area contributed by atoms with Crippen molar-refractivity contribution in [3.63, 3.8) is 0 Å². The topological polar surface area (TPSA) is 47.3 Å². The van der Waals surface area contributed by atoms with E-state index < -0.39 is 0 Å². The zero-order valence-electron chi connectivity index (χ0n) is 12.6. The summed E-state index contributed by atoms with van der Waals surface area (Å²) in [5.41, 5.74) is 5.31. The number of hydrogen-bond donors (Lipinski definition) is 2. The summed E-state index contributed by atoms with van der Waals surface area (Å²) < 4.78 is 19.0. The lowest BCUT2D eigenvalue weighted by Gasteiger charge is -2.18. The fourth-order valence-electron chi connectivity index (χ4n) is 2.24. The zero-order valence-corrected chi connectivity index (χ0v) is 12.6. The van der Waals surface area contributed by atoms with Crippen molar-refractivity contribution in [1.82, 2.24) is 5.43 Å². The van der Waals surface area contributed by atoms with Gasteiger partial charge >= 0.3 is 0 Å². The molecule has 0 radical (unpaired) electrons. The minimum atomic E-state index is -0.213. The van der Waals surface area contributed by atoms with E-state index in [4.69, 9.17) is 10.6 Å². The van der Waals surface area contributed by atoms with E-state index in [1.54, 1.807) is 19.1 Å². The normalized spacial score (nSPS) is 12.5. The van der Waals surface area contributed by atoms with Crippen LogP contribution in [0, 0.1) is 12.7 Å². The Kier molecular flexibility index (Phi) is 4.94. The highest BCUT2D eigenvalue weighted by Gasteiger charge is 2.13. The summed E-state index contributed by atoms with van der Waals surface area (Å²) in [6.45, 7) is 5.71. The highest BCUT2D eigenvalue weighted by atomic mass is 19.1. The molecule has 0 saturated carbocycles. The maximum Gasteiger partial charge on any atom is 0.126 e. The summed E-state index contributed by atoms with van der Waals surface area (Å²) in [5.74, 6) is 6.28. The van der Waals surface area contributed by atoms with Gasteiger partial charge in [-0.1, -0.05) is 24.3 Å². The first-order valence-corrected chi connectivity index (χ1v) is 7.00. The SMILES string of the molecule is Cc1cc(C(NN)c2ccc(OC(C)C)cc2)ccc1F. The molecule has 0 aliphatic carbocycles. The number of aryl methyl sites for hydroxylation is 1. The van der Waals surface area contributed by atoms with Crippen LogP contribution in [0.15, 0.2) is 42.5 Å². The van der Waals surface area contributed by atoms with Crippen LogP contribution in [-0.2, 0) is 0 Å². The highest BCUT2D eigenvalue weighted by Crippen LogP contribution is 2.25. The average Bonchev–Trinajstić information content (AvgIpc) is 2.45. The summed E-state index contributed by atoms with van der Waals surface area (Å²) in [6, 6.07) is 12.6. The van der Waals surface area contributed by atoms with Gasteiger partial charge in [0.15, 0.2) is 0 Å². The van der Waals surface area contributed by atoms with Gasteiger partial charge in [-0.25, -0.2) is 9.82 Å². The number of ether oxygens (including phenoxy) is 1. The Balaban J connectivity index is 2.26. The van der Waals surface area contributed by atoms with Crippen LogP contribution in [-0.4, -0.2) is 6.10 Å². The Hall–Kier alpha value is -1.91. The van der Waals surface area contributed by atoms with Crippen molar-refractivity contribution < 1.29 is 9.13 Å². The van der Waals surface area contributed by atoms with Crippen molar-refractivity contribution in [3.8, 4) is 5.75 Å². The van der Waals surface area contributed by atoms with Crippen molar-refractivity contribution in [1.29, 1.82) is 0 Å².